The van der Waals surface area contributed by atoms with Crippen molar-refractivity contribution in [2.45, 2.75) is 13.0 Å². The number of H-pyrrole nitrogens is 1. The van der Waals surface area contributed by atoms with E-state index < -0.39 is 0 Å². The highest BCUT2D eigenvalue weighted by Crippen LogP contribution is 2.25. The van der Waals surface area contributed by atoms with Crippen LogP contribution >= 0.6 is 0 Å². The van der Waals surface area contributed by atoms with Gasteiger partial charge in [0, 0.05) is 35.4 Å². The van der Waals surface area contributed by atoms with Crippen molar-refractivity contribution in [1.29, 1.82) is 0 Å². The molecule has 1 aromatic carbocycles. The summed E-state index contributed by atoms with van der Waals surface area (Å²) in [7, 11) is 0. The summed E-state index contributed by atoms with van der Waals surface area (Å²) in [6.07, 6.45) is 4.01. The Bertz CT molecular complexity index is 665. The van der Waals surface area contributed by atoms with Crippen LogP contribution in [0.1, 0.15) is 17.3 Å². The molecule has 0 saturated heterocycles. The molecule has 0 spiro atoms. The lowest BCUT2D eigenvalue weighted by molar-refractivity contribution is 0.532. The van der Waals surface area contributed by atoms with Crippen molar-refractivity contribution >= 4 is 10.9 Å². The number of hydrogen-bond acceptors (Lipinski definition) is 2. The molecule has 3 rings (SSSR count). The third-order valence-electron chi connectivity index (χ3n) is 3.26. The maximum atomic E-state index is 5.92. The molecule has 0 aliphatic carbocycles. The van der Waals surface area contributed by atoms with Crippen molar-refractivity contribution < 1.29 is 0 Å². The summed E-state index contributed by atoms with van der Waals surface area (Å²) < 4.78 is 1.94. The van der Waals surface area contributed by atoms with E-state index in [4.69, 9.17) is 5.73 Å². The largest absolute Gasteiger partial charge is 0.361 e. The summed E-state index contributed by atoms with van der Waals surface area (Å²) >= 11 is 0. The highest BCUT2D eigenvalue weighted by molar-refractivity contribution is 5.83. The van der Waals surface area contributed by atoms with Gasteiger partial charge in [-0.3, -0.25) is 4.68 Å². The maximum absolute atomic E-state index is 5.92. The van der Waals surface area contributed by atoms with Crippen LogP contribution in [-0.2, 0) is 0 Å². The second-order valence-corrected chi connectivity index (χ2v) is 4.48. The SMILES string of the molecule is Cc1ccn(C(CN)c2c[nH]c3ccccc23)n1. The van der Waals surface area contributed by atoms with Gasteiger partial charge in [0.05, 0.1) is 11.7 Å². The van der Waals surface area contributed by atoms with Crippen molar-refractivity contribution in [3.63, 3.8) is 0 Å². The average Bonchev–Trinajstić information content (AvgIpc) is 2.98. The fraction of sp³-hybridized carbons (Fsp3) is 0.214. The minimum Gasteiger partial charge on any atom is -0.361 e. The Balaban J connectivity index is 2.11. The first-order valence-electron chi connectivity index (χ1n) is 6.07. The highest BCUT2D eigenvalue weighted by Gasteiger charge is 2.16. The standard InChI is InChI=1S/C14H16N4/c1-10-6-7-18(17-10)14(8-15)12-9-16-13-5-3-2-4-11(12)13/h2-7,9,14,16H,8,15H2,1H3. The summed E-state index contributed by atoms with van der Waals surface area (Å²) in [6, 6.07) is 10.3. The molecule has 2 heterocycles. The first kappa shape index (κ1) is 11.0. The number of aromatic nitrogens is 3. The molecule has 0 radical (unpaired) electrons. The molecule has 2 aromatic heterocycles. The smallest absolute Gasteiger partial charge is 0.0911 e. The minimum atomic E-state index is 0.0786. The molecular weight excluding hydrogens is 224 g/mol. The van der Waals surface area contributed by atoms with Crippen LogP contribution in [0.3, 0.4) is 0 Å². The predicted molar refractivity (Wildman–Crippen MR) is 72.5 cm³/mol. The van der Waals surface area contributed by atoms with Gasteiger partial charge in [-0.2, -0.15) is 5.10 Å². The zero-order valence-corrected chi connectivity index (χ0v) is 10.3. The lowest BCUT2D eigenvalue weighted by Gasteiger charge is -2.14. The van der Waals surface area contributed by atoms with Crippen LogP contribution in [0.5, 0.6) is 0 Å². The fourth-order valence-electron chi connectivity index (χ4n) is 2.35. The van der Waals surface area contributed by atoms with Gasteiger partial charge in [0.15, 0.2) is 0 Å². The van der Waals surface area contributed by atoms with Crippen LogP contribution in [0.15, 0.2) is 42.7 Å². The van der Waals surface area contributed by atoms with E-state index in [9.17, 15) is 0 Å². The van der Waals surface area contributed by atoms with E-state index in [1.165, 1.54) is 10.9 Å². The zero-order chi connectivity index (χ0) is 12.5. The van der Waals surface area contributed by atoms with Crippen LogP contribution < -0.4 is 5.73 Å². The molecule has 18 heavy (non-hydrogen) atoms. The van der Waals surface area contributed by atoms with E-state index in [1.54, 1.807) is 0 Å². The molecule has 0 aliphatic heterocycles. The topological polar surface area (TPSA) is 59.6 Å². The molecule has 0 amide bonds. The normalized spacial score (nSPS) is 13.0. The maximum Gasteiger partial charge on any atom is 0.0911 e. The Morgan fingerprint density at radius 1 is 1.33 bits per heavy atom. The Morgan fingerprint density at radius 2 is 2.17 bits per heavy atom. The summed E-state index contributed by atoms with van der Waals surface area (Å²) in [5.74, 6) is 0. The number of nitrogens with two attached hydrogens (primary N) is 1. The molecule has 0 aliphatic rings. The molecule has 92 valence electrons. The molecule has 0 saturated carbocycles. The first-order chi connectivity index (χ1) is 8.79. The molecule has 4 heteroatoms. The van der Waals surface area contributed by atoms with Gasteiger partial charge in [-0.25, -0.2) is 0 Å². The Morgan fingerprint density at radius 3 is 2.89 bits per heavy atom. The van der Waals surface area contributed by atoms with Crippen molar-refractivity contribution in [3.8, 4) is 0 Å². The molecule has 3 aromatic rings. The van der Waals surface area contributed by atoms with Crippen LogP contribution in [-0.4, -0.2) is 21.3 Å². The fourth-order valence-corrected chi connectivity index (χ4v) is 2.35. The summed E-state index contributed by atoms with van der Waals surface area (Å²) in [5.41, 5.74) is 9.25. The Hall–Kier alpha value is -2.07. The zero-order valence-electron chi connectivity index (χ0n) is 10.3. The molecule has 3 N–H and O–H groups in total. The van der Waals surface area contributed by atoms with Gasteiger partial charge in [0.1, 0.15) is 0 Å². The first-order valence-corrected chi connectivity index (χ1v) is 6.07. The quantitative estimate of drug-likeness (QED) is 0.737. The second-order valence-electron chi connectivity index (χ2n) is 4.48. The van der Waals surface area contributed by atoms with Gasteiger partial charge in [0.25, 0.3) is 0 Å². The number of nitrogens with one attached hydrogen (secondary N) is 1. The number of nitrogens with zero attached hydrogens (tertiary/aromatic N) is 2. The van der Waals surface area contributed by atoms with Crippen molar-refractivity contribution in [2.24, 2.45) is 5.73 Å². The second kappa shape index (κ2) is 4.31. The number of hydrogen-bond donors (Lipinski definition) is 2. The summed E-state index contributed by atoms with van der Waals surface area (Å²) in [5, 5.41) is 5.68. The molecule has 0 bridgehead atoms. The van der Waals surface area contributed by atoms with Gasteiger partial charge in [-0.05, 0) is 19.1 Å². The van der Waals surface area contributed by atoms with E-state index in [2.05, 4.69) is 22.2 Å². The lowest BCUT2D eigenvalue weighted by atomic mass is 10.1. The van der Waals surface area contributed by atoms with Crippen LogP contribution in [0.2, 0.25) is 0 Å². The number of benzene rings is 1. The van der Waals surface area contributed by atoms with E-state index >= 15 is 0 Å². The van der Waals surface area contributed by atoms with Crippen molar-refractivity contribution in [1.82, 2.24) is 14.8 Å². The van der Waals surface area contributed by atoms with E-state index in [-0.39, 0.29) is 6.04 Å². The molecule has 0 fully saturated rings. The summed E-state index contributed by atoms with van der Waals surface area (Å²) in [6.45, 7) is 2.52. The molecule has 1 unspecified atom stereocenters. The highest BCUT2D eigenvalue weighted by atomic mass is 15.3. The lowest BCUT2D eigenvalue weighted by Crippen LogP contribution is -2.20. The molecule has 4 nitrogen and oxygen atoms in total. The summed E-state index contributed by atoms with van der Waals surface area (Å²) in [4.78, 5) is 3.28. The van der Waals surface area contributed by atoms with Crippen LogP contribution in [0.25, 0.3) is 10.9 Å². The van der Waals surface area contributed by atoms with Crippen molar-refractivity contribution in [2.75, 3.05) is 6.54 Å². The number of para-hydroxylation sites is 1. The van der Waals surface area contributed by atoms with Gasteiger partial charge >= 0.3 is 0 Å². The van der Waals surface area contributed by atoms with E-state index in [0.29, 0.717) is 6.54 Å². The minimum absolute atomic E-state index is 0.0786. The predicted octanol–water partition coefficient (Wildman–Crippen LogP) is 2.22. The number of fused-ring (bicyclic) bond motifs is 1. The number of rotatable bonds is 3. The van der Waals surface area contributed by atoms with Crippen molar-refractivity contribution in [3.05, 3.63) is 54.0 Å². The monoisotopic (exact) mass is 240 g/mol. The number of aromatic amines is 1. The Kier molecular flexibility index (Phi) is 2.64. The van der Waals surface area contributed by atoms with E-state index in [1.807, 2.05) is 42.2 Å². The van der Waals surface area contributed by atoms with Gasteiger partial charge in [0.2, 0.25) is 0 Å². The number of aryl methyl sites for hydroxylation is 1. The molecule has 1 atom stereocenters. The van der Waals surface area contributed by atoms with Gasteiger partial charge in [-0.1, -0.05) is 18.2 Å². The average molecular weight is 240 g/mol. The third kappa shape index (κ3) is 1.71. The Labute approximate surface area is 105 Å². The van der Waals surface area contributed by atoms with Gasteiger partial charge < -0.3 is 10.7 Å². The van der Waals surface area contributed by atoms with Gasteiger partial charge in [-0.15, -0.1) is 0 Å². The van der Waals surface area contributed by atoms with Crippen LogP contribution in [0.4, 0.5) is 0 Å². The van der Waals surface area contributed by atoms with E-state index in [0.717, 1.165) is 11.2 Å². The van der Waals surface area contributed by atoms with Crippen LogP contribution in [0, 0.1) is 6.92 Å². The third-order valence-corrected chi connectivity index (χ3v) is 3.26. The molecular formula is C14H16N4.